The first-order chi connectivity index (χ1) is 11.2. The van der Waals surface area contributed by atoms with Crippen LogP contribution >= 0.6 is 0 Å². The molecule has 4 rings (SSSR count). The highest BCUT2D eigenvalue weighted by atomic mass is 19.1. The van der Waals surface area contributed by atoms with Gasteiger partial charge >= 0.3 is 5.97 Å². The van der Waals surface area contributed by atoms with Gasteiger partial charge in [-0.15, -0.1) is 0 Å². The lowest BCUT2D eigenvalue weighted by molar-refractivity contribution is -0.129. The number of benzene rings is 2. The Morgan fingerprint density at radius 1 is 1.04 bits per heavy atom. The van der Waals surface area contributed by atoms with Crippen LogP contribution in [-0.2, 0) is 9.53 Å². The second-order valence-corrected chi connectivity index (χ2v) is 5.03. The molecule has 0 unspecified atom stereocenters. The maximum Gasteiger partial charge on any atom is 0.363 e. The molecule has 5 heteroatoms. The van der Waals surface area contributed by atoms with E-state index < -0.39 is 5.97 Å². The molecule has 0 amide bonds. The summed E-state index contributed by atoms with van der Waals surface area (Å²) in [6.07, 6.45) is 1.53. The minimum atomic E-state index is -0.565. The molecule has 0 bridgehead atoms. The molecule has 0 aliphatic carbocycles. The van der Waals surface area contributed by atoms with Crippen LogP contribution in [0.4, 0.5) is 4.39 Å². The monoisotopic (exact) mass is 307 g/mol. The van der Waals surface area contributed by atoms with E-state index in [1.54, 1.807) is 0 Å². The zero-order valence-corrected chi connectivity index (χ0v) is 11.8. The van der Waals surface area contributed by atoms with Gasteiger partial charge in [0, 0.05) is 17.0 Å². The van der Waals surface area contributed by atoms with Crippen LogP contribution in [-0.4, -0.2) is 11.9 Å². The summed E-state index contributed by atoms with van der Waals surface area (Å²) in [6, 6.07) is 14.9. The lowest BCUT2D eigenvalue weighted by Crippen LogP contribution is -2.05. The van der Waals surface area contributed by atoms with E-state index >= 15 is 0 Å². The van der Waals surface area contributed by atoms with E-state index in [-0.39, 0.29) is 17.4 Å². The predicted molar refractivity (Wildman–Crippen MR) is 83.2 cm³/mol. The number of halogens is 1. The van der Waals surface area contributed by atoms with Crippen molar-refractivity contribution in [2.75, 3.05) is 0 Å². The van der Waals surface area contributed by atoms with Crippen LogP contribution in [0.15, 0.2) is 69.7 Å². The van der Waals surface area contributed by atoms with Crippen molar-refractivity contribution in [3.63, 3.8) is 0 Å². The van der Waals surface area contributed by atoms with Crippen LogP contribution in [0, 0.1) is 5.82 Å². The van der Waals surface area contributed by atoms with Crippen molar-refractivity contribution in [1.82, 2.24) is 0 Å². The Morgan fingerprint density at radius 2 is 1.83 bits per heavy atom. The number of ether oxygens (including phenoxy) is 1. The molecule has 23 heavy (non-hydrogen) atoms. The number of carbonyl (C=O) groups excluding carboxylic acids is 1. The number of hydrogen-bond acceptors (Lipinski definition) is 4. The van der Waals surface area contributed by atoms with Gasteiger partial charge in [0.1, 0.15) is 17.2 Å². The van der Waals surface area contributed by atoms with Crippen LogP contribution in [0.3, 0.4) is 0 Å². The van der Waals surface area contributed by atoms with E-state index in [2.05, 4.69) is 4.99 Å². The summed E-state index contributed by atoms with van der Waals surface area (Å²) in [7, 11) is 0. The van der Waals surface area contributed by atoms with Gasteiger partial charge in [0.05, 0.1) is 0 Å². The fourth-order valence-electron chi connectivity index (χ4n) is 2.33. The standard InChI is InChI=1S/C18H10FNO3/c19-13-7-5-11(6-8-13)17-20-15(18(21)23-17)10-14-9-12-3-1-2-4-16(12)22-14/h1-10H. The quantitative estimate of drug-likeness (QED) is 0.532. The molecule has 3 aromatic rings. The van der Waals surface area contributed by atoms with Gasteiger partial charge in [-0.1, -0.05) is 18.2 Å². The molecule has 0 saturated carbocycles. The van der Waals surface area contributed by atoms with Gasteiger partial charge in [0.15, 0.2) is 5.70 Å². The first-order valence-corrected chi connectivity index (χ1v) is 6.96. The lowest BCUT2D eigenvalue weighted by atomic mass is 10.2. The van der Waals surface area contributed by atoms with E-state index in [1.165, 1.54) is 30.3 Å². The molecule has 0 radical (unpaired) electrons. The molecule has 1 aliphatic rings. The summed E-state index contributed by atoms with van der Waals surface area (Å²) < 4.78 is 23.7. The maximum atomic E-state index is 12.9. The third-order valence-corrected chi connectivity index (χ3v) is 3.44. The SMILES string of the molecule is O=C1OC(c2ccc(F)cc2)=NC1=Cc1cc2ccccc2o1. The van der Waals surface area contributed by atoms with Crippen LogP contribution in [0.2, 0.25) is 0 Å². The molecule has 1 aliphatic heterocycles. The van der Waals surface area contributed by atoms with Crippen LogP contribution < -0.4 is 0 Å². The van der Waals surface area contributed by atoms with Gasteiger partial charge in [-0.2, -0.15) is 0 Å². The average molecular weight is 307 g/mol. The largest absolute Gasteiger partial charge is 0.457 e. The molecular weight excluding hydrogens is 297 g/mol. The molecule has 0 fully saturated rings. The minimum absolute atomic E-state index is 0.142. The van der Waals surface area contributed by atoms with E-state index in [4.69, 9.17) is 9.15 Å². The number of para-hydroxylation sites is 1. The van der Waals surface area contributed by atoms with Crippen LogP contribution in [0.25, 0.3) is 17.0 Å². The zero-order valence-electron chi connectivity index (χ0n) is 11.8. The summed E-state index contributed by atoms with van der Waals surface area (Å²) >= 11 is 0. The highest BCUT2D eigenvalue weighted by molar-refractivity contribution is 6.12. The Kier molecular flexibility index (Phi) is 3.05. The van der Waals surface area contributed by atoms with Crippen molar-refractivity contribution in [1.29, 1.82) is 0 Å². The zero-order chi connectivity index (χ0) is 15.8. The molecule has 4 nitrogen and oxygen atoms in total. The van der Waals surface area contributed by atoms with Crippen molar-refractivity contribution in [2.24, 2.45) is 4.99 Å². The lowest BCUT2D eigenvalue weighted by Gasteiger charge is -1.98. The maximum absolute atomic E-state index is 12.9. The normalized spacial score (nSPS) is 16.0. The summed E-state index contributed by atoms with van der Waals surface area (Å²) in [4.78, 5) is 16.1. The van der Waals surface area contributed by atoms with Gasteiger partial charge in [-0.3, -0.25) is 0 Å². The number of rotatable bonds is 2. The molecule has 0 spiro atoms. The number of fused-ring (bicyclic) bond motifs is 1. The molecule has 2 heterocycles. The minimum Gasteiger partial charge on any atom is -0.457 e. The van der Waals surface area contributed by atoms with E-state index in [9.17, 15) is 9.18 Å². The molecule has 0 N–H and O–H groups in total. The van der Waals surface area contributed by atoms with Gasteiger partial charge in [0.2, 0.25) is 5.90 Å². The van der Waals surface area contributed by atoms with Crippen molar-refractivity contribution in [3.05, 3.63) is 77.4 Å². The summed E-state index contributed by atoms with van der Waals surface area (Å²) in [6.45, 7) is 0. The highest BCUT2D eigenvalue weighted by Crippen LogP contribution is 2.24. The summed E-state index contributed by atoms with van der Waals surface area (Å²) in [5.74, 6) is -0.263. The van der Waals surface area contributed by atoms with Crippen LogP contribution in [0.5, 0.6) is 0 Å². The molecule has 0 atom stereocenters. The molecule has 0 saturated heterocycles. The summed E-state index contributed by atoms with van der Waals surface area (Å²) in [5.41, 5.74) is 1.41. The molecule has 112 valence electrons. The number of nitrogens with zero attached hydrogens (tertiary/aromatic N) is 1. The Labute approximate surface area is 130 Å². The second-order valence-electron chi connectivity index (χ2n) is 5.03. The van der Waals surface area contributed by atoms with Gasteiger partial charge in [-0.25, -0.2) is 14.2 Å². The van der Waals surface area contributed by atoms with Crippen molar-refractivity contribution >= 4 is 28.9 Å². The first kappa shape index (κ1) is 13.5. The topological polar surface area (TPSA) is 51.8 Å². The third-order valence-electron chi connectivity index (χ3n) is 3.44. The Balaban J connectivity index is 1.70. The van der Waals surface area contributed by atoms with Gasteiger partial charge in [-0.05, 0) is 36.4 Å². The molecule has 1 aromatic heterocycles. The molecule has 2 aromatic carbocycles. The van der Waals surface area contributed by atoms with Crippen molar-refractivity contribution < 1.29 is 18.3 Å². The van der Waals surface area contributed by atoms with Gasteiger partial charge < -0.3 is 9.15 Å². The Morgan fingerprint density at radius 3 is 2.61 bits per heavy atom. The number of carbonyl (C=O) groups is 1. The molecular formula is C18H10FNO3. The number of aliphatic imine (C=N–C) groups is 1. The van der Waals surface area contributed by atoms with E-state index in [1.807, 2.05) is 30.3 Å². The average Bonchev–Trinajstić information content (AvgIpc) is 3.12. The number of hydrogen-bond donors (Lipinski definition) is 0. The Bertz CT molecular complexity index is 934. The van der Waals surface area contributed by atoms with Crippen LogP contribution in [0.1, 0.15) is 11.3 Å². The van der Waals surface area contributed by atoms with Crippen molar-refractivity contribution in [2.45, 2.75) is 0 Å². The number of furan rings is 1. The Hall–Kier alpha value is -3.21. The smallest absolute Gasteiger partial charge is 0.363 e. The third kappa shape index (κ3) is 2.53. The summed E-state index contributed by atoms with van der Waals surface area (Å²) in [5, 5.41) is 0.938. The van der Waals surface area contributed by atoms with E-state index in [0.717, 1.165) is 11.0 Å². The van der Waals surface area contributed by atoms with Crippen molar-refractivity contribution in [3.8, 4) is 0 Å². The van der Waals surface area contributed by atoms with Gasteiger partial charge in [0.25, 0.3) is 0 Å². The highest BCUT2D eigenvalue weighted by Gasteiger charge is 2.24. The fraction of sp³-hybridized carbons (Fsp3) is 0. The number of cyclic esters (lactones) is 1. The predicted octanol–water partition coefficient (Wildman–Crippen LogP) is 3.92. The number of esters is 1. The fourth-order valence-corrected chi connectivity index (χ4v) is 2.33. The van der Waals surface area contributed by atoms with E-state index in [0.29, 0.717) is 11.3 Å². The second kappa shape index (κ2) is 5.21. The first-order valence-electron chi connectivity index (χ1n) is 6.96.